The van der Waals surface area contributed by atoms with E-state index in [0.29, 0.717) is 6.54 Å². The third-order valence-corrected chi connectivity index (χ3v) is 3.27. The Bertz CT molecular complexity index is 554. The standard InChI is InChI=1S/C13H12FNO2S/c1-15(7-9-4-5-18-8-9)13(17)11-3-2-10(14)6-12(11)16/h2-6,8,16H,7H2,1H3. The number of hydrogen-bond acceptors (Lipinski definition) is 3. The van der Waals surface area contributed by atoms with Crippen molar-refractivity contribution in [2.24, 2.45) is 0 Å². The molecule has 18 heavy (non-hydrogen) atoms. The van der Waals surface area contributed by atoms with Crippen molar-refractivity contribution in [1.29, 1.82) is 0 Å². The summed E-state index contributed by atoms with van der Waals surface area (Å²) in [4.78, 5) is 13.5. The zero-order valence-corrected chi connectivity index (χ0v) is 10.6. The lowest BCUT2D eigenvalue weighted by Crippen LogP contribution is -2.26. The highest BCUT2D eigenvalue weighted by Crippen LogP contribution is 2.20. The third kappa shape index (κ3) is 2.68. The van der Waals surface area contributed by atoms with Crippen molar-refractivity contribution >= 4 is 17.2 Å². The summed E-state index contributed by atoms with van der Waals surface area (Å²) in [6, 6.07) is 5.31. The highest BCUT2D eigenvalue weighted by atomic mass is 32.1. The molecule has 2 aromatic rings. The van der Waals surface area contributed by atoms with Crippen molar-refractivity contribution in [3.05, 3.63) is 52.0 Å². The molecule has 0 aliphatic rings. The fourth-order valence-electron chi connectivity index (χ4n) is 1.62. The predicted octanol–water partition coefficient (Wildman–Crippen LogP) is 2.87. The van der Waals surface area contributed by atoms with Crippen LogP contribution in [-0.4, -0.2) is 23.0 Å². The number of benzene rings is 1. The Balaban J connectivity index is 2.15. The molecule has 0 spiro atoms. The number of aromatic hydroxyl groups is 1. The van der Waals surface area contributed by atoms with Crippen LogP contribution in [-0.2, 0) is 6.54 Å². The lowest BCUT2D eigenvalue weighted by molar-refractivity contribution is 0.0782. The molecule has 0 radical (unpaired) electrons. The Morgan fingerprint density at radius 3 is 2.83 bits per heavy atom. The van der Waals surface area contributed by atoms with E-state index in [2.05, 4.69) is 0 Å². The van der Waals surface area contributed by atoms with Gasteiger partial charge in [-0.2, -0.15) is 11.3 Å². The molecule has 1 aromatic carbocycles. The van der Waals surface area contributed by atoms with Crippen LogP contribution in [0, 0.1) is 5.82 Å². The number of amides is 1. The van der Waals surface area contributed by atoms with Gasteiger partial charge < -0.3 is 10.0 Å². The van der Waals surface area contributed by atoms with Gasteiger partial charge in [0, 0.05) is 19.7 Å². The van der Waals surface area contributed by atoms with Crippen molar-refractivity contribution < 1.29 is 14.3 Å². The average Bonchev–Trinajstić information content (AvgIpc) is 2.81. The minimum atomic E-state index is -0.565. The average molecular weight is 265 g/mol. The van der Waals surface area contributed by atoms with Gasteiger partial charge in [-0.05, 0) is 34.5 Å². The van der Waals surface area contributed by atoms with Gasteiger partial charge in [-0.25, -0.2) is 4.39 Å². The maximum Gasteiger partial charge on any atom is 0.257 e. The normalized spacial score (nSPS) is 10.3. The van der Waals surface area contributed by atoms with Gasteiger partial charge in [0.05, 0.1) is 5.56 Å². The first-order valence-corrected chi connectivity index (χ1v) is 6.27. The zero-order chi connectivity index (χ0) is 13.1. The van der Waals surface area contributed by atoms with Gasteiger partial charge in [0.1, 0.15) is 11.6 Å². The van der Waals surface area contributed by atoms with Gasteiger partial charge in [-0.1, -0.05) is 0 Å². The number of phenols is 1. The SMILES string of the molecule is CN(Cc1ccsc1)C(=O)c1ccc(F)cc1O. The van der Waals surface area contributed by atoms with Crippen LogP contribution in [0.4, 0.5) is 4.39 Å². The van der Waals surface area contributed by atoms with E-state index >= 15 is 0 Å². The Morgan fingerprint density at radius 2 is 2.22 bits per heavy atom. The van der Waals surface area contributed by atoms with Crippen molar-refractivity contribution in [2.45, 2.75) is 6.54 Å². The molecule has 94 valence electrons. The number of nitrogens with zero attached hydrogens (tertiary/aromatic N) is 1. The van der Waals surface area contributed by atoms with E-state index in [1.54, 1.807) is 18.4 Å². The topological polar surface area (TPSA) is 40.5 Å². The molecule has 2 rings (SSSR count). The molecule has 0 aliphatic carbocycles. The maximum atomic E-state index is 12.8. The molecule has 0 atom stereocenters. The van der Waals surface area contributed by atoms with E-state index in [0.717, 1.165) is 17.7 Å². The van der Waals surface area contributed by atoms with Crippen molar-refractivity contribution in [2.75, 3.05) is 7.05 Å². The van der Waals surface area contributed by atoms with Crippen molar-refractivity contribution in [1.82, 2.24) is 4.90 Å². The van der Waals surface area contributed by atoms with Crippen molar-refractivity contribution in [3.8, 4) is 5.75 Å². The van der Waals surface area contributed by atoms with Gasteiger partial charge in [0.25, 0.3) is 5.91 Å². The third-order valence-electron chi connectivity index (χ3n) is 2.54. The van der Waals surface area contributed by atoms with Crippen LogP contribution in [0.1, 0.15) is 15.9 Å². The van der Waals surface area contributed by atoms with Crippen LogP contribution in [0.25, 0.3) is 0 Å². The first kappa shape index (κ1) is 12.6. The zero-order valence-electron chi connectivity index (χ0n) is 9.76. The maximum absolute atomic E-state index is 12.8. The molecule has 0 bridgehead atoms. The molecule has 3 nitrogen and oxygen atoms in total. The molecule has 1 N–H and O–H groups in total. The Kier molecular flexibility index (Phi) is 3.62. The molecule has 0 saturated carbocycles. The van der Waals surface area contributed by atoms with Crippen LogP contribution in [0.5, 0.6) is 5.75 Å². The number of carbonyl (C=O) groups is 1. The number of hydrogen-bond donors (Lipinski definition) is 1. The van der Waals surface area contributed by atoms with Crippen LogP contribution in [0.2, 0.25) is 0 Å². The van der Waals surface area contributed by atoms with Gasteiger partial charge in [0.15, 0.2) is 0 Å². The minimum Gasteiger partial charge on any atom is -0.507 e. The number of carbonyl (C=O) groups excluding carboxylic acids is 1. The number of rotatable bonds is 3. The quantitative estimate of drug-likeness (QED) is 0.927. The molecule has 5 heteroatoms. The highest BCUT2D eigenvalue weighted by Gasteiger charge is 2.16. The summed E-state index contributed by atoms with van der Waals surface area (Å²) in [6.45, 7) is 0.457. The molecular weight excluding hydrogens is 253 g/mol. The summed E-state index contributed by atoms with van der Waals surface area (Å²) in [5.74, 6) is -1.24. The van der Waals surface area contributed by atoms with Crippen LogP contribution in [0.15, 0.2) is 35.0 Å². The fraction of sp³-hybridized carbons (Fsp3) is 0.154. The molecular formula is C13H12FNO2S. The van der Waals surface area contributed by atoms with Crippen LogP contribution >= 0.6 is 11.3 Å². The van der Waals surface area contributed by atoms with E-state index in [4.69, 9.17) is 0 Å². The molecule has 0 saturated heterocycles. The lowest BCUT2D eigenvalue weighted by atomic mass is 10.1. The summed E-state index contributed by atoms with van der Waals surface area (Å²) in [5, 5.41) is 13.4. The summed E-state index contributed by atoms with van der Waals surface area (Å²) >= 11 is 1.56. The predicted molar refractivity (Wildman–Crippen MR) is 68.2 cm³/mol. The van der Waals surface area contributed by atoms with Gasteiger partial charge >= 0.3 is 0 Å². The lowest BCUT2D eigenvalue weighted by Gasteiger charge is -2.17. The fourth-order valence-corrected chi connectivity index (χ4v) is 2.28. The van der Waals surface area contributed by atoms with E-state index in [-0.39, 0.29) is 17.2 Å². The molecule has 1 heterocycles. The smallest absolute Gasteiger partial charge is 0.257 e. The Morgan fingerprint density at radius 1 is 1.44 bits per heavy atom. The second-order valence-electron chi connectivity index (χ2n) is 3.95. The Labute approximate surface area is 108 Å². The monoisotopic (exact) mass is 265 g/mol. The summed E-state index contributed by atoms with van der Waals surface area (Å²) in [6.07, 6.45) is 0. The first-order valence-electron chi connectivity index (χ1n) is 5.33. The molecule has 0 fully saturated rings. The molecule has 1 aromatic heterocycles. The molecule has 1 amide bonds. The van der Waals surface area contributed by atoms with E-state index in [1.165, 1.54) is 11.0 Å². The van der Waals surface area contributed by atoms with Gasteiger partial charge in [-0.15, -0.1) is 0 Å². The largest absolute Gasteiger partial charge is 0.507 e. The number of phenolic OH excluding ortho intramolecular Hbond substituents is 1. The summed E-state index contributed by atoms with van der Waals surface area (Å²) in [7, 11) is 1.64. The summed E-state index contributed by atoms with van der Waals surface area (Å²) in [5.41, 5.74) is 1.13. The minimum absolute atomic E-state index is 0.106. The summed E-state index contributed by atoms with van der Waals surface area (Å²) < 4.78 is 12.8. The second-order valence-corrected chi connectivity index (χ2v) is 4.73. The van der Waals surface area contributed by atoms with E-state index < -0.39 is 5.82 Å². The highest BCUT2D eigenvalue weighted by molar-refractivity contribution is 7.07. The second kappa shape index (κ2) is 5.18. The van der Waals surface area contributed by atoms with Gasteiger partial charge in [-0.3, -0.25) is 4.79 Å². The molecule has 0 aliphatic heterocycles. The van der Waals surface area contributed by atoms with Crippen LogP contribution < -0.4 is 0 Å². The number of halogens is 1. The van der Waals surface area contributed by atoms with Gasteiger partial charge in [0.2, 0.25) is 0 Å². The van der Waals surface area contributed by atoms with Crippen LogP contribution in [0.3, 0.4) is 0 Å². The van der Waals surface area contributed by atoms with E-state index in [1.807, 2.05) is 16.8 Å². The van der Waals surface area contributed by atoms with E-state index in [9.17, 15) is 14.3 Å². The number of thiophene rings is 1. The van der Waals surface area contributed by atoms with Crippen molar-refractivity contribution in [3.63, 3.8) is 0 Å². The molecule has 0 unspecified atom stereocenters. The first-order chi connectivity index (χ1) is 8.58. The Hall–Kier alpha value is -1.88.